The van der Waals surface area contributed by atoms with Crippen molar-refractivity contribution in [2.75, 3.05) is 0 Å². The lowest BCUT2D eigenvalue weighted by Gasteiger charge is -2.19. The number of benzene rings is 1. The maximum atomic E-state index is 6.13. The fourth-order valence-electron chi connectivity index (χ4n) is 1.90. The van der Waals surface area contributed by atoms with Gasteiger partial charge < -0.3 is 4.43 Å². The summed E-state index contributed by atoms with van der Waals surface area (Å²) in [6, 6.07) is 12.5. The van der Waals surface area contributed by atoms with Gasteiger partial charge in [-0.15, -0.1) is 13.2 Å². The Morgan fingerprint density at radius 3 is 2.29 bits per heavy atom. The van der Waals surface area contributed by atoms with E-state index in [1.165, 1.54) is 5.56 Å². The quantitative estimate of drug-likeness (QED) is 0.501. The van der Waals surface area contributed by atoms with Crippen molar-refractivity contribution in [1.29, 1.82) is 0 Å². The Hall–Kier alpha value is -1.12. The highest BCUT2D eigenvalue weighted by Crippen LogP contribution is 2.11. The molecule has 1 aromatic carbocycles. The van der Waals surface area contributed by atoms with E-state index in [1.807, 2.05) is 18.2 Å². The molecule has 0 heterocycles. The lowest BCUT2D eigenvalue weighted by atomic mass is 10.1. The Balaban J connectivity index is 2.44. The lowest BCUT2D eigenvalue weighted by molar-refractivity contribution is 0.223. The third-order valence-electron chi connectivity index (χ3n) is 2.65. The second-order valence-corrected chi connectivity index (χ2v) is 6.77. The standard InChI is InChI=1S/C15H22OSi/c1-4-11-17(12-5-2)16-14(3)13-15-9-7-6-8-10-15/h4-10,14,17H,1-2,11-13H2,3H3. The second-order valence-electron chi connectivity index (χ2n) is 4.31. The third kappa shape index (κ3) is 5.66. The highest BCUT2D eigenvalue weighted by molar-refractivity contribution is 6.52. The molecule has 1 aromatic rings. The first-order chi connectivity index (χ1) is 8.26. The van der Waals surface area contributed by atoms with Crippen molar-refractivity contribution < 1.29 is 4.43 Å². The van der Waals surface area contributed by atoms with Crippen LogP contribution in [0.5, 0.6) is 0 Å². The minimum absolute atomic E-state index is 0.286. The van der Waals surface area contributed by atoms with Gasteiger partial charge in [0.05, 0.1) is 0 Å². The minimum atomic E-state index is -1.17. The van der Waals surface area contributed by atoms with Crippen LogP contribution in [-0.2, 0) is 10.8 Å². The van der Waals surface area contributed by atoms with Crippen LogP contribution in [0.25, 0.3) is 0 Å². The molecular weight excluding hydrogens is 224 g/mol. The van der Waals surface area contributed by atoms with Gasteiger partial charge in [0.1, 0.15) is 0 Å². The maximum Gasteiger partial charge on any atom is 0.184 e. The topological polar surface area (TPSA) is 9.23 Å². The van der Waals surface area contributed by atoms with Gasteiger partial charge in [-0.05, 0) is 31.0 Å². The molecule has 0 fully saturated rings. The lowest BCUT2D eigenvalue weighted by Crippen LogP contribution is -2.24. The van der Waals surface area contributed by atoms with Crippen LogP contribution in [0.2, 0.25) is 12.1 Å². The van der Waals surface area contributed by atoms with Gasteiger partial charge in [-0.25, -0.2) is 0 Å². The van der Waals surface area contributed by atoms with Crippen molar-refractivity contribution in [3.05, 3.63) is 61.2 Å². The molecule has 1 nitrogen and oxygen atoms in total. The van der Waals surface area contributed by atoms with Gasteiger partial charge in [-0.3, -0.25) is 0 Å². The molecule has 0 aliphatic rings. The second kappa shape index (κ2) is 8.04. The van der Waals surface area contributed by atoms with E-state index in [2.05, 4.69) is 44.3 Å². The maximum absolute atomic E-state index is 6.13. The molecule has 0 amide bonds. The normalized spacial score (nSPS) is 12.4. The first kappa shape index (κ1) is 13.9. The van der Waals surface area contributed by atoms with E-state index < -0.39 is 9.04 Å². The molecule has 0 radical (unpaired) electrons. The van der Waals surface area contributed by atoms with Crippen LogP contribution < -0.4 is 0 Å². The summed E-state index contributed by atoms with van der Waals surface area (Å²) >= 11 is 0. The molecule has 0 spiro atoms. The van der Waals surface area contributed by atoms with Crippen LogP contribution in [0.3, 0.4) is 0 Å². The largest absolute Gasteiger partial charge is 0.416 e. The fraction of sp³-hybridized carbons (Fsp3) is 0.333. The molecule has 0 bridgehead atoms. The summed E-state index contributed by atoms with van der Waals surface area (Å²) in [7, 11) is -1.17. The van der Waals surface area contributed by atoms with Crippen molar-refractivity contribution in [3.63, 3.8) is 0 Å². The predicted octanol–water partition coefficient (Wildman–Crippen LogP) is 3.73. The Morgan fingerprint density at radius 1 is 1.18 bits per heavy atom. The average Bonchev–Trinajstić information content (AvgIpc) is 2.30. The summed E-state index contributed by atoms with van der Waals surface area (Å²) in [6.45, 7) is 9.74. The van der Waals surface area contributed by atoms with Crippen LogP contribution in [0.15, 0.2) is 55.6 Å². The van der Waals surface area contributed by atoms with E-state index in [0.29, 0.717) is 0 Å². The van der Waals surface area contributed by atoms with E-state index >= 15 is 0 Å². The summed E-state index contributed by atoms with van der Waals surface area (Å²) < 4.78 is 6.13. The molecule has 1 unspecified atom stereocenters. The molecule has 1 atom stereocenters. The number of hydrogen-bond donors (Lipinski definition) is 0. The molecule has 0 saturated heterocycles. The van der Waals surface area contributed by atoms with Crippen molar-refractivity contribution >= 4 is 9.04 Å². The van der Waals surface area contributed by atoms with Gasteiger partial charge in [-0.1, -0.05) is 42.5 Å². The summed E-state index contributed by atoms with van der Waals surface area (Å²) in [5.74, 6) is 0. The number of hydrogen-bond acceptors (Lipinski definition) is 1. The van der Waals surface area contributed by atoms with E-state index in [4.69, 9.17) is 4.43 Å². The van der Waals surface area contributed by atoms with E-state index in [9.17, 15) is 0 Å². The molecule has 0 aliphatic carbocycles. The average molecular weight is 246 g/mol. The van der Waals surface area contributed by atoms with Crippen molar-refractivity contribution in [2.24, 2.45) is 0 Å². The first-order valence-electron chi connectivity index (χ1n) is 6.17. The van der Waals surface area contributed by atoms with Crippen LogP contribution >= 0.6 is 0 Å². The molecular formula is C15H22OSi. The van der Waals surface area contributed by atoms with Crippen molar-refractivity contribution in [3.8, 4) is 0 Å². The molecule has 2 heteroatoms. The zero-order chi connectivity index (χ0) is 12.5. The highest BCUT2D eigenvalue weighted by Gasteiger charge is 2.12. The predicted molar refractivity (Wildman–Crippen MR) is 77.9 cm³/mol. The summed E-state index contributed by atoms with van der Waals surface area (Å²) in [6.07, 6.45) is 5.21. The third-order valence-corrected chi connectivity index (χ3v) is 5.22. The Bertz CT molecular complexity index is 324. The number of allylic oxidation sites excluding steroid dienone is 2. The van der Waals surface area contributed by atoms with Gasteiger partial charge in [0.15, 0.2) is 9.04 Å². The van der Waals surface area contributed by atoms with Crippen molar-refractivity contribution in [2.45, 2.75) is 31.5 Å². The van der Waals surface area contributed by atoms with E-state index in [-0.39, 0.29) is 6.10 Å². The summed E-state index contributed by atoms with van der Waals surface area (Å²) in [4.78, 5) is 0. The molecule has 17 heavy (non-hydrogen) atoms. The molecule has 0 saturated carbocycles. The first-order valence-corrected chi connectivity index (χ1v) is 8.28. The summed E-state index contributed by atoms with van der Waals surface area (Å²) in [5.41, 5.74) is 1.34. The van der Waals surface area contributed by atoms with Gasteiger partial charge in [0, 0.05) is 6.10 Å². The smallest absolute Gasteiger partial charge is 0.184 e. The summed E-state index contributed by atoms with van der Waals surface area (Å²) in [5, 5.41) is 0. The Kier molecular flexibility index (Phi) is 6.59. The van der Waals surface area contributed by atoms with E-state index in [0.717, 1.165) is 18.5 Å². The molecule has 1 rings (SSSR count). The van der Waals surface area contributed by atoms with Crippen LogP contribution in [0.4, 0.5) is 0 Å². The van der Waals surface area contributed by atoms with Gasteiger partial charge in [-0.2, -0.15) is 0 Å². The molecule has 0 aliphatic heterocycles. The SMILES string of the molecule is C=CC[SiH](CC=C)OC(C)Cc1ccccc1. The van der Waals surface area contributed by atoms with Crippen LogP contribution in [0.1, 0.15) is 12.5 Å². The minimum Gasteiger partial charge on any atom is -0.416 e. The molecule has 0 aromatic heterocycles. The van der Waals surface area contributed by atoms with Crippen LogP contribution in [-0.4, -0.2) is 15.1 Å². The zero-order valence-corrected chi connectivity index (χ0v) is 11.8. The Morgan fingerprint density at radius 2 is 1.76 bits per heavy atom. The molecule has 0 N–H and O–H groups in total. The van der Waals surface area contributed by atoms with Crippen LogP contribution in [0, 0.1) is 0 Å². The number of rotatable bonds is 8. The monoisotopic (exact) mass is 246 g/mol. The van der Waals surface area contributed by atoms with Gasteiger partial charge in [0.25, 0.3) is 0 Å². The van der Waals surface area contributed by atoms with Gasteiger partial charge in [0.2, 0.25) is 0 Å². The van der Waals surface area contributed by atoms with Crippen molar-refractivity contribution in [1.82, 2.24) is 0 Å². The molecule has 92 valence electrons. The Labute approximate surface area is 107 Å². The highest BCUT2D eigenvalue weighted by atomic mass is 28.3. The van der Waals surface area contributed by atoms with E-state index in [1.54, 1.807) is 0 Å². The zero-order valence-electron chi connectivity index (χ0n) is 10.6. The fourth-order valence-corrected chi connectivity index (χ4v) is 3.81. The van der Waals surface area contributed by atoms with Gasteiger partial charge >= 0.3 is 0 Å².